The molecule has 1 aliphatic carbocycles. The van der Waals surface area contributed by atoms with Crippen LogP contribution in [-0.4, -0.2) is 0 Å². The predicted molar refractivity (Wildman–Crippen MR) is 76.8 cm³/mol. The second-order valence-electron chi connectivity index (χ2n) is 4.00. The fraction of sp³-hybridized carbons (Fsp3) is 0.0588. The van der Waals surface area contributed by atoms with E-state index in [1.165, 1.54) is 27.8 Å². The topological polar surface area (TPSA) is 0 Å². The average Bonchev–Trinajstić information content (AvgIpc) is 2.64. The Kier molecular flexibility index (Phi) is 2.72. The van der Waals surface area contributed by atoms with Crippen LogP contribution in [0.2, 0.25) is 0 Å². The van der Waals surface area contributed by atoms with E-state index in [0.29, 0.717) is 0 Å². The predicted octanol–water partition coefficient (Wildman–Crippen LogP) is 5.01. The maximum Gasteiger partial charge on any atom is -0.00325 e. The van der Waals surface area contributed by atoms with Gasteiger partial charge >= 0.3 is 0 Å². The van der Waals surface area contributed by atoms with Gasteiger partial charge in [0.15, 0.2) is 0 Å². The van der Waals surface area contributed by atoms with Gasteiger partial charge in [0.2, 0.25) is 0 Å². The van der Waals surface area contributed by atoms with Crippen LogP contribution in [0.1, 0.15) is 24.1 Å². The number of hydrogen-bond donors (Lipinski definition) is 0. The fourth-order valence-corrected chi connectivity index (χ4v) is 2.42. The van der Waals surface area contributed by atoms with Gasteiger partial charge in [-0.2, -0.15) is 0 Å². The second-order valence-corrected chi connectivity index (χ2v) is 4.00. The van der Waals surface area contributed by atoms with Gasteiger partial charge in [-0.05, 0) is 33.4 Å². The number of fused-ring (bicyclic) bond motifs is 3. The van der Waals surface area contributed by atoms with Gasteiger partial charge < -0.3 is 0 Å². The average molecular weight is 220 g/mol. The van der Waals surface area contributed by atoms with E-state index in [0.717, 1.165) is 5.57 Å². The van der Waals surface area contributed by atoms with Gasteiger partial charge in [0.05, 0.1) is 0 Å². The third-order valence-corrected chi connectivity index (χ3v) is 3.16. The van der Waals surface area contributed by atoms with E-state index in [4.69, 9.17) is 0 Å². The van der Waals surface area contributed by atoms with Gasteiger partial charge in [-0.1, -0.05) is 69.1 Å². The molecule has 0 radical (unpaired) electrons. The first-order valence-electron chi connectivity index (χ1n) is 5.37. The van der Waals surface area contributed by atoms with Gasteiger partial charge in [-0.15, -0.1) is 0 Å². The van der Waals surface area contributed by atoms with Crippen molar-refractivity contribution in [2.75, 3.05) is 0 Å². The van der Waals surface area contributed by atoms with Crippen molar-refractivity contribution in [3.05, 3.63) is 72.3 Å². The Morgan fingerprint density at radius 3 is 2.18 bits per heavy atom. The molecule has 2 aromatic carbocycles. The Morgan fingerprint density at radius 1 is 0.824 bits per heavy atom. The molecule has 84 valence electrons. The zero-order chi connectivity index (χ0) is 11.1. The lowest BCUT2D eigenvalue weighted by molar-refractivity contribution is 1.61. The van der Waals surface area contributed by atoms with Crippen LogP contribution in [0, 0.1) is 0 Å². The smallest absolute Gasteiger partial charge is 0.00325 e. The van der Waals surface area contributed by atoms with Crippen LogP contribution in [0.25, 0.3) is 22.8 Å². The quantitative estimate of drug-likeness (QED) is 0.541. The maximum atomic E-state index is 4.20. The molecular weight excluding hydrogens is 204 g/mol. The first kappa shape index (κ1) is 11.4. The number of benzene rings is 2. The summed E-state index contributed by atoms with van der Waals surface area (Å²) in [5, 5.41) is 0. The fourth-order valence-electron chi connectivity index (χ4n) is 2.42. The molecule has 0 atom stereocenters. The molecule has 0 bridgehead atoms. The molecule has 0 N–H and O–H groups in total. The molecule has 3 rings (SSSR count). The summed E-state index contributed by atoms with van der Waals surface area (Å²) in [7, 11) is 0. The van der Waals surface area contributed by atoms with Crippen LogP contribution in [0.15, 0.2) is 55.6 Å². The van der Waals surface area contributed by atoms with E-state index in [-0.39, 0.29) is 7.43 Å². The maximum absolute atomic E-state index is 4.20. The molecule has 0 fully saturated rings. The minimum atomic E-state index is 0. The van der Waals surface area contributed by atoms with E-state index in [9.17, 15) is 0 Å². The molecule has 0 aliphatic heterocycles. The highest BCUT2D eigenvalue weighted by Gasteiger charge is 2.22. The van der Waals surface area contributed by atoms with E-state index < -0.39 is 0 Å². The largest absolute Gasteiger partial charge is 0.0984 e. The standard InChI is InChI=1S/C16H12.CH4/c1-3-12-7-6-10-15-14-9-5-4-8-13(14)11(2)16(12)15;/h3-10H,1-2H2;1H4. The summed E-state index contributed by atoms with van der Waals surface area (Å²) in [5.41, 5.74) is 7.31. The molecule has 17 heavy (non-hydrogen) atoms. The van der Waals surface area contributed by atoms with Gasteiger partial charge in [-0.3, -0.25) is 0 Å². The van der Waals surface area contributed by atoms with Crippen molar-refractivity contribution in [3.63, 3.8) is 0 Å². The van der Waals surface area contributed by atoms with Crippen molar-refractivity contribution in [1.29, 1.82) is 0 Å². The van der Waals surface area contributed by atoms with Crippen molar-refractivity contribution >= 4 is 11.6 Å². The van der Waals surface area contributed by atoms with Crippen LogP contribution >= 0.6 is 0 Å². The monoisotopic (exact) mass is 220 g/mol. The van der Waals surface area contributed by atoms with Gasteiger partial charge in [-0.25, -0.2) is 0 Å². The van der Waals surface area contributed by atoms with E-state index >= 15 is 0 Å². The first-order chi connectivity index (χ1) is 7.83. The first-order valence-corrected chi connectivity index (χ1v) is 5.37. The highest BCUT2D eigenvalue weighted by molar-refractivity contribution is 6.02. The Bertz CT molecular complexity index is 603. The van der Waals surface area contributed by atoms with Crippen molar-refractivity contribution in [2.24, 2.45) is 0 Å². The molecule has 1 aliphatic rings. The van der Waals surface area contributed by atoms with Crippen molar-refractivity contribution in [2.45, 2.75) is 7.43 Å². The van der Waals surface area contributed by atoms with E-state index in [1.54, 1.807) is 0 Å². The Labute approximate surface area is 103 Å². The third kappa shape index (κ3) is 1.45. The van der Waals surface area contributed by atoms with Gasteiger partial charge in [0, 0.05) is 0 Å². The molecule has 0 heteroatoms. The molecule has 0 unspecified atom stereocenters. The van der Waals surface area contributed by atoms with Crippen molar-refractivity contribution in [1.82, 2.24) is 0 Å². The molecule has 2 aromatic rings. The van der Waals surface area contributed by atoms with Gasteiger partial charge in [0.1, 0.15) is 0 Å². The van der Waals surface area contributed by atoms with Crippen molar-refractivity contribution < 1.29 is 0 Å². The lowest BCUT2D eigenvalue weighted by Gasteiger charge is -2.04. The lowest BCUT2D eigenvalue weighted by Crippen LogP contribution is -1.83. The lowest BCUT2D eigenvalue weighted by atomic mass is 9.99. The van der Waals surface area contributed by atoms with Crippen LogP contribution in [0.3, 0.4) is 0 Å². The Balaban J connectivity index is 0.00000108. The molecule has 0 spiro atoms. The SMILES string of the molecule is C.C=Cc1cccc2c1C(=C)c1ccccc1-2. The zero-order valence-electron chi connectivity index (χ0n) is 9.03. The number of hydrogen-bond acceptors (Lipinski definition) is 0. The van der Waals surface area contributed by atoms with E-state index in [1.807, 2.05) is 6.08 Å². The Morgan fingerprint density at radius 2 is 1.47 bits per heavy atom. The molecule has 0 saturated heterocycles. The van der Waals surface area contributed by atoms with Gasteiger partial charge in [0.25, 0.3) is 0 Å². The summed E-state index contributed by atoms with van der Waals surface area (Å²) in [6, 6.07) is 14.7. The summed E-state index contributed by atoms with van der Waals surface area (Å²) < 4.78 is 0. The van der Waals surface area contributed by atoms with Crippen LogP contribution in [0.4, 0.5) is 0 Å². The molecule has 0 amide bonds. The van der Waals surface area contributed by atoms with Crippen LogP contribution in [-0.2, 0) is 0 Å². The molecule has 0 heterocycles. The highest BCUT2D eigenvalue weighted by atomic mass is 14.3. The molecule has 0 nitrogen and oxygen atoms in total. The summed E-state index contributed by atoms with van der Waals surface area (Å²) in [5.74, 6) is 0. The molecular formula is C17H16. The highest BCUT2D eigenvalue weighted by Crippen LogP contribution is 2.44. The second kappa shape index (κ2) is 4.06. The van der Waals surface area contributed by atoms with Crippen molar-refractivity contribution in [3.8, 4) is 11.1 Å². The summed E-state index contributed by atoms with van der Waals surface area (Å²) in [6.45, 7) is 8.06. The minimum absolute atomic E-state index is 0. The summed E-state index contributed by atoms with van der Waals surface area (Å²) in [6.07, 6.45) is 1.90. The molecule has 0 saturated carbocycles. The van der Waals surface area contributed by atoms with Crippen LogP contribution in [0.5, 0.6) is 0 Å². The van der Waals surface area contributed by atoms with E-state index in [2.05, 4.69) is 55.6 Å². The normalized spacial score (nSPS) is 11.4. The molecule has 0 aromatic heterocycles. The summed E-state index contributed by atoms with van der Waals surface area (Å²) >= 11 is 0. The van der Waals surface area contributed by atoms with Crippen LogP contribution < -0.4 is 0 Å². The Hall–Kier alpha value is -2.08. The third-order valence-electron chi connectivity index (χ3n) is 3.16. The minimum Gasteiger partial charge on any atom is -0.0984 e. The number of rotatable bonds is 1. The summed E-state index contributed by atoms with van der Waals surface area (Å²) in [4.78, 5) is 0. The zero-order valence-corrected chi connectivity index (χ0v) is 9.03.